The van der Waals surface area contributed by atoms with Crippen molar-refractivity contribution in [2.45, 2.75) is 70.8 Å². The molecule has 0 amide bonds. The third-order valence-corrected chi connectivity index (χ3v) is 6.88. The first-order chi connectivity index (χ1) is 10.5. The SMILES string of the molecule is CO[C@H]1CC2=C3CCc4cc(C)ccc4[C@]3(C)CC[C@@]2(C)C1. The van der Waals surface area contributed by atoms with Crippen molar-refractivity contribution in [3.05, 3.63) is 46.0 Å². The minimum absolute atomic E-state index is 0.277. The molecular formula is C21H28O. The van der Waals surface area contributed by atoms with Crippen molar-refractivity contribution in [3.63, 3.8) is 0 Å². The minimum Gasteiger partial charge on any atom is -0.381 e. The molecule has 1 nitrogen and oxygen atoms in total. The summed E-state index contributed by atoms with van der Waals surface area (Å²) in [6.07, 6.45) is 7.92. The maximum absolute atomic E-state index is 5.73. The molecule has 0 bridgehead atoms. The molecule has 0 saturated heterocycles. The van der Waals surface area contributed by atoms with Gasteiger partial charge in [-0.15, -0.1) is 0 Å². The number of benzene rings is 1. The quantitative estimate of drug-likeness (QED) is 0.655. The van der Waals surface area contributed by atoms with Gasteiger partial charge in [0.15, 0.2) is 0 Å². The van der Waals surface area contributed by atoms with E-state index < -0.39 is 0 Å². The highest BCUT2D eigenvalue weighted by Crippen LogP contribution is 2.60. The molecule has 0 spiro atoms. The number of rotatable bonds is 1. The summed E-state index contributed by atoms with van der Waals surface area (Å²) in [5.74, 6) is 0. The number of methoxy groups -OCH3 is 1. The lowest BCUT2D eigenvalue weighted by atomic mass is 9.56. The number of ether oxygens (including phenoxy) is 1. The van der Waals surface area contributed by atoms with Crippen molar-refractivity contribution in [1.29, 1.82) is 0 Å². The largest absolute Gasteiger partial charge is 0.381 e. The summed E-state index contributed by atoms with van der Waals surface area (Å²) in [7, 11) is 1.88. The summed E-state index contributed by atoms with van der Waals surface area (Å²) in [5, 5.41) is 0. The van der Waals surface area contributed by atoms with E-state index in [2.05, 4.69) is 39.0 Å². The summed E-state index contributed by atoms with van der Waals surface area (Å²) < 4.78 is 5.73. The molecule has 1 aromatic rings. The fourth-order valence-electron chi connectivity index (χ4n) is 5.54. The van der Waals surface area contributed by atoms with E-state index in [0.717, 1.165) is 0 Å². The van der Waals surface area contributed by atoms with Crippen molar-refractivity contribution >= 4 is 0 Å². The van der Waals surface area contributed by atoms with Crippen molar-refractivity contribution in [3.8, 4) is 0 Å². The van der Waals surface area contributed by atoms with E-state index in [0.29, 0.717) is 11.5 Å². The van der Waals surface area contributed by atoms with Crippen LogP contribution in [0.3, 0.4) is 0 Å². The first kappa shape index (κ1) is 14.5. The van der Waals surface area contributed by atoms with Crippen LogP contribution in [0.1, 0.15) is 62.6 Å². The number of hydrogen-bond donors (Lipinski definition) is 0. The van der Waals surface area contributed by atoms with Gasteiger partial charge in [0.2, 0.25) is 0 Å². The predicted molar refractivity (Wildman–Crippen MR) is 91.3 cm³/mol. The molecule has 0 radical (unpaired) electrons. The monoisotopic (exact) mass is 296 g/mol. The molecule has 1 saturated carbocycles. The first-order valence-corrected chi connectivity index (χ1v) is 8.82. The zero-order valence-electron chi connectivity index (χ0n) is 14.5. The Hall–Kier alpha value is -1.08. The van der Waals surface area contributed by atoms with Gasteiger partial charge in [-0.25, -0.2) is 0 Å². The van der Waals surface area contributed by atoms with Crippen molar-refractivity contribution in [1.82, 2.24) is 0 Å². The van der Waals surface area contributed by atoms with Crippen LogP contribution in [-0.4, -0.2) is 13.2 Å². The van der Waals surface area contributed by atoms with Crippen LogP contribution in [0.25, 0.3) is 0 Å². The normalized spacial score (nSPS) is 36.8. The van der Waals surface area contributed by atoms with Gasteiger partial charge in [-0.3, -0.25) is 0 Å². The molecule has 22 heavy (non-hydrogen) atoms. The van der Waals surface area contributed by atoms with Crippen LogP contribution in [0.2, 0.25) is 0 Å². The first-order valence-electron chi connectivity index (χ1n) is 8.82. The molecular weight excluding hydrogens is 268 g/mol. The van der Waals surface area contributed by atoms with Crippen molar-refractivity contribution < 1.29 is 4.74 Å². The second kappa shape index (κ2) is 4.71. The second-order valence-corrected chi connectivity index (χ2v) is 8.28. The van der Waals surface area contributed by atoms with Gasteiger partial charge in [-0.1, -0.05) is 48.8 Å². The molecule has 3 aliphatic rings. The Morgan fingerprint density at radius 2 is 1.91 bits per heavy atom. The highest BCUT2D eigenvalue weighted by atomic mass is 16.5. The third-order valence-electron chi connectivity index (χ3n) is 6.88. The maximum Gasteiger partial charge on any atom is 0.0617 e. The summed E-state index contributed by atoms with van der Waals surface area (Å²) in [4.78, 5) is 0. The highest BCUT2D eigenvalue weighted by Gasteiger charge is 2.50. The fourth-order valence-corrected chi connectivity index (χ4v) is 5.54. The molecule has 1 aromatic carbocycles. The topological polar surface area (TPSA) is 9.23 Å². The lowest BCUT2D eigenvalue weighted by Crippen LogP contribution is -2.38. The summed E-state index contributed by atoms with van der Waals surface area (Å²) in [6.45, 7) is 7.20. The van der Waals surface area contributed by atoms with E-state index in [9.17, 15) is 0 Å². The van der Waals surface area contributed by atoms with Gasteiger partial charge in [0.25, 0.3) is 0 Å². The summed E-state index contributed by atoms with van der Waals surface area (Å²) >= 11 is 0. The van der Waals surface area contributed by atoms with Crippen LogP contribution < -0.4 is 0 Å². The van der Waals surface area contributed by atoms with Gasteiger partial charge in [0, 0.05) is 12.5 Å². The Labute approximate surface area is 134 Å². The molecule has 3 aliphatic carbocycles. The molecule has 0 aromatic heterocycles. The van der Waals surface area contributed by atoms with E-state index in [4.69, 9.17) is 4.74 Å². The zero-order valence-corrected chi connectivity index (χ0v) is 14.5. The smallest absolute Gasteiger partial charge is 0.0617 e. The molecule has 118 valence electrons. The van der Waals surface area contributed by atoms with Gasteiger partial charge in [-0.05, 0) is 62.0 Å². The number of allylic oxidation sites excluding steroid dienone is 1. The Kier molecular flexibility index (Phi) is 3.10. The van der Waals surface area contributed by atoms with E-state index in [1.54, 1.807) is 22.3 Å². The van der Waals surface area contributed by atoms with Gasteiger partial charge in [0.05, 0.1) is 6.10 Å². The number of hydrogen-bond acceptors (Lipinski definition) is 1. The van der Waals surface area contributed by atoms with Crippen LogP contribution in [0.5, 0.6) is 0 Å². The predicted octanol–water partition coefficient (Wildman–Crippen LogP) is 5.10. The van der Waals surface area contributed by atoms with Gasteiger partial charge in [0.1, 0.15) is 0 Å². The van der Waals surface area contributed by atoms with Crippen LogP contribution in [0.15, 0.2) is 29.3 Å². The van der Waals surface area contributed by atoms with Crippen LogP contribution >= 0.6 is 0 Å². The zero-order chi connectivity index (χ0) is 15.5. The molecule has 0 N–H and O–H groups in total. The van der Waals surface area contributed by atoms with Crippen molar-refractivity contribution in [2.75, 3.05) is 7.11 Å². The Balaban J connectivity index is 1.86. The molecule has 3 atom stereocenters. The van der Waals surface area contributed by atoms with Crippen LogP contribution in [-0.2, 0) is 16.6 Å². The fraction of sp³-hybridized carbons (Fsp3) is 0.619. The molecule has 0 aliphatic heterocycles. The van der Waals surface area contributed by atoms with Gasteiger partial charge in [-0.2, -0.15) is 0 Å². The Morgan fingerprint density at radius 3 is 2.68 bits per heavy atom. The Morgan fingerprint density at radius 1 is 1.09 bits per heavy atom. The third kappa shape index (κ3) is 1.88. The van der Waals surface area contributed by atoms with Crippen molar-refractivity contribution in [2.24, 2.45) is 5.41 Å². The van der Waals surface area contributed by atoms with E-state index in [1.165, 1.54) is 44.1 Å². The molecule has 4 rings (SSSR count). The standard InChI is InChI=1S/C21H28O/c1-14-5-7-17-15(11-14)6-8-18-19-12-16(22-4)13-20(19,2)9-10-21(17,18)3/h5,7,11,16H,6,8-10,12-13H2,1-4H3/t16-,20-,21-/m0/s1. The lowest BCUT2D eigenvalue weighted by molar-refractivity contribution is 0.0947. The Bertz CT molecular complexity index is 656. The van der Waals surface area contributed by atoms with E-state index in [-0.39, 0.29) is 5.41 Å². The second-order valence-electron chi connectivity index (χ2n) is 8.28. The number of fused-ring (bicyclic) bond motifs is 4. The van der Waals surface area contributed by atoms with Gasteiger partial charge >= 0.3 is 0 Å². The summed E-state index contributed by atoms with van der Waals surface area (Å²) in [5.41, 5.74) is 8.79. The average molecular weight is 296 g/mol. The molecule has 0 heterocycles. The van der Waals surface area contributed by atoms with E-state index in [1.807, 2.05) is 7.11 Å². The molecule has 0 unspecified atom stereocenters. The van der Waals surface area contributed by atoms with Gasteiger partial charge < -0.3 is 4.74 Å². The molecule has 1 fully saturated rings. The minimum atomic E-state index is 0.277. The average Bonchev–Trinajstić information content (AvgIpc) is 2.84. The van der Waals surface area contributed by atoms with Crippen LogP contribution in [0.4, 0.5) is 0 Å². The lowest BCUT2D eigenvalue weighted by Gasteiger charge is -2.48. The highest BCUT2D eigenvalue weighted by molar-refractivity contribution is 5.51. The number of aryl methyl sites for hydroxylation is 2. The summed E-state index contributed by atoms with van der Waals surface area (Å²) in [6, 6.07) is 7.14. The van der Waals surface area contributed by atoms with E-state index >= 15 is 0 Å². The van der Waals surface area contributed by atoms with Crippen LogP contribution in [0, 0.1) is 12.3 Å². The molecule has 1 heteroatoms. The maximum atomic E-state index is 5.73.